The summed E-state index contributed by atoms with van der Waals surface area (Å²) >= 11 is 0. The van der Waals surface area contributed by atoms with Crippen LogP contribution in [0.2, 0.25) is 0 Å². The van der Waals surface area contributed by atoms with E-state index in [4.69, 9.17) is 9.97 Å². The first kappa shape index (κ1) is 36.7. The van der Waals surface area contributed by atoms with Crippen molar-refractivity contribution in [3.8, 4) is 61.8 Å². The van der Waals surface area contributed by atoms with Crippen LogP contribution >= 0.6 is 0 Å². The van der Waals surface area contributed by atoms with Crippen molar-refractivity contribution in [2.75, 3.05) is 0 Å². The van der Waals surface area contributed by atoms with Gasteiger partial charge in [-0.2, -0.15) is 0 Å². The molecule has 0 amide bonds. The van der Waals surface area contributed by atoms with Gasteiger partial charge in [0.15, 0.2) is 5.82 Å². The van der Waals surface area contributed by atoms with Crippen LogP contribution in [-0.2, 0) is 0 Å². The summed E-state index contributed by atoms with van der Waals surface area (Å²) < 4.78 is 2.36. The van der Waals surface area contributed by atoms with E-state index in [2.05, 4.69) is 222 Å². The van der Waals surface area contributed by atoms with Crippen LogP contribution in [0.4, 0.5) is 0 Å². The molecule has 0 atom stereocenters. The summed E-state index contributed by atoms with van der Waals surface area (Å²) in [6.45, 7) is 0. The van der Waals surface area contributed by atoms with E-state index in [9.17, 15) is 0 Å². The van der Waals surface area contributed by atoms with E-state index in [1.807, 2.05) is 24.3 Å². The smallest absolute Gasteiger partial charge is 0.160 e. The van der Waals surface area contributed by atoms with Gasteiger partial charge in [-0.1, -0.05) is 194 Å². The number of hydrogen-bond donors (Lipinski definition) is 1. The minimum atomic E-state index is 0.711. The first-order valence-electron chi connectivity index (χ1n) is 21.0. The Hall–Kier alpha value is -8.34. The molecule has 0 saturated heterocycles. The van der Waals surface area contributed by atoms with Crippen molar-refractivity contribution in [2.45, 2.75) is 0 Å². The molecule has 3 aromatic heterocycles. The number of nitrogens with zero attached hydrogens (tertiary/aromatic N) is 3. The molecule has 0 radical (unpaired) electrons. The molecule has 0 bridgehead atoms. The zero-order valence-corrected chi connectivity index (χ0v) is 33.9. The molecular formula is C58H40N4. The predicted molar refractivity (Wildman–Crippen MR) is 259 cm³/mol. The van der Waals surface area contributed by atoms with Crippen LogP contribution in [-0.4, -0.2) is 19.5 Å². The van der Waals surface area contributed by atoms with Crippen molar-refractivity contribution in [2.24, 2.45) is 0 Å². The van der Waals surface area contributed by atoms with E-state index >= 15 is 0 Å². The first-order chi connectivity index (χ1) is 30.7. The second kappa shape index (κ2) is 16.0. The predicted octanol–water partition coefficient (Wildman–Crippen LogP) is 15.2. The Kier molecular flexibility index (Phi) is 9.49. The highest BCUT2D eigenvalue weighted by molar-refractivity contribution is 6.09. The van der Waals surface area contributed by atoms with Crippen molar-refractivity contribution >= 4 is 43.6 Å². The SMILES string of the molecule is c1ccc(-c2ccc(-c3cc(-c4ccc(-c5cccc(-n6c7ccccc7c7ccccc76)c5)cc4)nc(-c4ccccc4)n3)cc2)cc1.c1ccc2c(c1)[nH]c1ccccc12. The lowest BCUT2D eigenvalue weighted by Gasteiger charge is -2.12. The monoisotopic (exact) mass is 792 g/mol. The lowest BCUT2D eigenvalue weighted by atomic mass is 10.00. The fourth-order valence-electron chi connectivity index (χ4n) is 8.58. The van der Waals surface area contributed by atoms with Crippen molar-refractivity contribution < 1.29 is 0 Å². The van der Waals surface area contributed by atoms with Gasteiger partial charge in [-0.15, -0.1) is 0 Å². The molecule has 9 aromatic carbocycles. The maximum Gasteiger partial charge on any atom is 0.160 e. The van der Waals surface area contributed by atoms with E-state index in [0.29, 0.717) is 5.82 Å². The fourth-order valence-corrected chi connectivity index (χ4v) is 8.58. The van der Waals surface area contributed by atoms with Crippen LogP contribution < -0.4 is 0 Å². The Labute approximate surface area is 360 Å². The molecule has 1 N–H and O–H groups in total. The molecule has 4 nitrogen and oxygen atoms in total. The maximum absolute atomic E-state index is 5.06. The van der Waals surface area contributed by atoms with Gasteiger partial charge in [0.25, 0.3) is 0 Å². The average Bonchev–Trinajstić information content (AvgIpc) is 3.91. The topological polar surface area (TPSA) is 46.5 Å². The van der Waals surface area contributed by atoms with E-state index in [1.165, 1.54) is 54.7 Å². The van der Waals surface area contributed by atoms with Gasteiger partial charge < -0.3 is 9.55 Å². The highest BCUT2D eigenvalue weighted by Crippen LogP contribution is 2.35. The number of aromatic amines is 1. The third kappa shape index (κ3) is 7.00. The highest BCUT2D eigenvalue weighted by atomic mass is 15.0. The van der Waals surface area contributed by atoms with Gasteiger partial charge in [0, 0.05) is 55.0 Å². The van der Waals surface area contributed by atoms with E-state index in [0.717, 1.165) is 44.9 Å². The number of aromatic nitrogens is 4. The molecule has 0 aliphatic rings. The zero-order chi connectivity index (χ0) is 41.2. The Morgan fingerprint density at radius 3 is 1.24 bits per heavy atom. The van der Waals surface area contributed by atoms with Crippen molar-refractivity contribution in [1.29, 1.82) is 0 Å². The standard InChI is InChI=1S/C46H31N3.C12H9N/c1-3-12-32(13-4-1)33-22-26-35(27-23-33)42-31-43(48-46(47-42)37-14-5-2-6-15-37)36-28-24-34(25-29-36)38-16-11-17-39(30-38)49-44-20-9-7-18-40(44)41-19-8-10-21-45(41)49;1-3-7-11-9(5-1)10-6-2-4-8-12(10)13-11/h1-31H;1-8,13H. The molecule has 0 unspecified atom stereocenters. The molecule has 0 spiro atoms. The largest absolute Gasteiger partial charge is 0.355 e. The molecule has 0 aliphatic heterocycles. The van der Waals surface area contributed by atoms with Gasteiger partial charge >= 0.3 is 0 Å². The second-order valence-corrected chi connectivity index (χ2v) is 15.5. The first-order valence-corrected chi connectivity index (χ1v) is 21.0. The summed E-state index contributed by atoms with van der Waals surface area (Å²) in [5.74, 6) is 0.711. The van der Waals surface area contributed by atoms with Gasteiger partial charge in [-0.3, -0.25) is 0 Å². The third-order valence-electron chi connectivity index (χ3n) is 11.7. The second-order valence-electron chi connectivity index (χ2n) is 15.5. The quantitative estimate of drug-likeness (QED) is 0.182. The fraction of sp³-hybridized carbons (Fsp3) is 0. The number of para-hydroxylation sites is 4. The zero-order valence-electron chi connectivity index (χ0n) is 33.9. The molecule has 12 rings (SSSR count). The highest BCUT2D eigenvalue weighted by Gasteiger charge is 2.14. The number of fused-ring (bicyclic) bond motifs is 6. The molecular weight excluding hydrogens is 753 g/mol. The van der Waals surface area contributed by atoms with Gasteiger partial charge in [-0.25, -0.2) is 9.97 Å². The van der Waals surface area contributed by atoms with Gasteiger partial charge in [0.2, 0.25) is 0 Å². The molecule has 0 saturated carbocycles. The molecule has 62 heavy (non-hydrogen) atoms. The lowest BCUT2D eigenvalue weighted by Crippen LogP contribution is -1.96. The Morgan fingerprint density at radius 1 is 0.290 bits per heavy atom. The summed E-state index contributed by atoms with van der Waals surface area (Å²) in [6.07, 6.45) is 0. The van der Waals surface area contributed by atoms with E-state index in [-0.39, 0.29) is 0 Å². The maximum atomic E-state index is 5.06. The lowest BCUT2D eigenvalue weighted by molar-refractivity contribution is 1.18. The molecule has 0 aliphatic carbocycles. The Bertz CT molecular complexity index is 3390. The summed E-state index contributed by atoms with van der Waals surface area (Å²) in [4.78, 5) is 13.5. The Balaban J connectivity index is 0.000000281. The van der Waals surface area contributed by atoms with Gasteiger partial charge in [0.1, 0.15) is 0 Å². The normalized spacial score (nSPS) is 11.2. The van der Waals surface area contributed by atoms with Crippen LogP contribution in [0, 0.1) is 0 Å². The van der Waals surface area contributed by atoms with Crippen molar-refractivity contribution in [3.63, 3.8) is 0 Å². The Morgan fingerprint density at radius 2 is 0.694 bits per heavy atom. The van der Waals surface area contributed by atoms with E-state index in [1.54, 1.807) is 0 Å². The average molecular weight is 793 g/mol. The summed E-state index contributed by atoms with van der Waals surface area (Å²) in [5, 5.41) is 5.13. The minimum Gasteiger partial charge on any atom is -0.355 e. The third-order valence-corrected chi connectivity index (χ3v) is 11.7. The van der Waals surface area contributed by atoms with Gasteiger partial charge in [0.05, 0.1) is 22.4 Å². The number of rotatable bonds is 6. The van der Waals surface area contributed by atoms with Crippen LogP contribution in [0.1, 0.15) is 0 Å². The number of nitrogens with one attached hydrogen (secondary N) is 1. The van der Waals surface area contributed by atoms with Crippen molar-refractivity contribution in [1.82, 2.24) is 19.5 Å². The molecule has 292 valence electrons. The summed E-state index contributed by atoms with van der Waals surface area (Å²) in [6, 6.07) is 82.9. The summed E-state index contributed by atoms with van der Waals surface area (Å²) in [7, 11) is 0. The van der Waals surface area contributed by atoms with Crippen LogP contribution in [0.5, 0.6) is 0 Å². The number of hydrogen-bond acceptors (Lipinski definition) is 2. The minimum absolute atomic E-state index is 0.711. The number of H-pyrrole nitrogens is 1. The molecule has 12 aromatic rings. The number of benzene rings is 9. The van der Waals surface area contributed by atoms with Crippen molar-refractivity contribution in [3.05, 3.63) is 237 Å². The van der Waals surface area contributed by atoms with Crippen LogP contribution in [0.25, 0.3) is 105 Å². The summed E-state index contributed by atoms with van der Waals surface area (Å²) in [5.41, 5.74) is 15.6. The van der Waals surface area contributed by atoms with Crippen LogP contribution in [0.15, 0.2) is 237 Å². The molecule has 3 heterocycles. The molecule has 4 heteroatoms. The van der Waals surface area contributed by atoms with E-state index < -0.39 is 0 Å². The van der Waals surface area contributed by atoms with Gasteiger partial charge in [-0.05, 0) is 64.7 Å². The molecule has 0 fully saturated rings. The van der Waals surface area contributed by atoms with Crippen LogP contribution in [0.3, 0.4) is 0 Å².